The fourth-order valence-electron chi connectivity index (χ4n) is 3.99. The van der Waals surface area contributed by atoms with Crippen LogP contribution in [0.1, 0.15) is 80.6 Å². The molecule has 0 spiro atoms. The van der Waals surface area contributed by atoms with E-state index < -0.39 is 5.97 Å². The molecule has 0 saturated carbocycles. The third-order valence-corrected chi connectivity index (χ3v) is 6.25. The number of carbonyl (C=O) groups is 2. The molecule has 1 amide bonds. The highest BCUT2D eigenvalue weighted by Gasteiger charge is 2.26. The Morgan fingerprint density at radius 2 is 1.41 bits per heavy atom. The summed E-state index contributed by atoms with van der Waals surface area (Å²) in [6, 6.07) is 17.5. The standard InChI is InChI=1S/C32H38N2O5/c1-31(2,3)26-18-22(19-27(29(26)36)32(4,5)6)10-17-28(35)34-33-20-21-8-13-25(14-9-21)39-30(37)23-11-15-24(38-7)16-12-23/h8-9,11-16,18-20,36H,10,17H2,1-7H3,(H,34,35)/b33-20-. The number of ether oxygens (including phenoxy) is 2. The van der Waals surface area contributed by atoms with Gasteiger partial charge in [-0.05, 0) is 88.0 Å². The number of amides is 1. The van der Waals surface area contributed by atoms with Gasteiger partial charge in [-0.1, -0.05) is 53.7 Å². The van der Waals surface area contributed by atoms with Gasteiger partial charge in [0.2, 0.25) is 5.91 Å². The highest BCUT2D eigenvalue weighted by Crippen LogP contribution is 2.40. The minimum atomic E-state index is -0.468. The fourth-order valence-corrected chi connectivity index (χ4v) is 3.99. The number of methoxy groups -OCH3 is 1. The van der Waals surface area contributed by atoms with Gasteiger partial charge < -0.3 is 14.6 Å². The van der Waals surface area contributed by atoms with Gasteiger partial charge >= 0.3 is 5.97 Å². The number of rotatable bonds is 8. The summed E-state index contributed by atoms with van der Waals surface area (Å²) in [5, 5.41) is 14.9. The Kier molecular flexibility index (Phi) is 9.17. The molecule has 2 N–H and O–H groups in total. The van der Waals surface area contributed by atoms with E-state index in [1.54, 1.807) is 55.6 Å². The average Bonchev–Trinajstić information content (AvgIpc) is 2.87. The third-order valence-electron chi connectivity index (χ3n) is 6.25. The Labute approximate surface area is 230 Å². The Bertz CT molecular complexity index is 1290. The van der Waals surface area contributed by atoms with Crippen molar-refractivity contribution in [3.05, 3.63) is 88.5 Å². The number of nitrogens with one attached hydrogen (secondary N) is 1. The molecule has 39 heavy (non-hydrogen) atoms. The van der Waals surface area contributed by atoms with E-state index in [0.717, 1.165) is 22.3 Å². The van der Waals surface area contributed by atoms with Crippen LogP contribution >= 0.6 is 0 Å². The summed E-state index contributed by atoms with van der Waals surface area (Å²) in [5.41, 5.74) is 6.02. The van der Waals surface area contributed by atoms with Crippen molar-refractivity contribution in [2.24, 2.45) is 5.10 Å². The molecule has 7 heteroatoms. The van der Waals surface area contributed by atoms with Gasteiger partial charge in [0, 0.05) is 6.42 Å². The first-order valence-corrected chi connectivity index (χ1v) is 12.9. The highest BCUT2D eigenvalue weighted by atomic mass is 16.5. The predicted molar refractivity (Wildman–Crippen MR) is 154 cm³/mol. The van der Waals surface area contributed by atoms with Gasteiger partial charge in [0.25, 0.3) is 0 Å². The second-order valence-electron chi connectivity index (χ2n) is 11.5. The maximum absolute atomic E-state index is 12.4. The fraction of sp³-hybridized carbons (Fsp3) is 0.344. The quantitative estimate of drug-likeness (QED) is 0.154. The topological polar surface area (TPSA) is 97.2 Å². The highest BCUT2D eigenvalue weighted by molar-refractivity contribution is 5.91. The lowest BCUT2D eigenvalue weighted by Gasteiger charge is -2.28. The third kappa shape index (κ3) is 8.18. The van der Waals surface area contributed by atoms with Gasteiger partial charge in [-0.15, -0.1) is 0 Å². The number of aromatic hydroxyl groups is 1. The van der Waals surface area contributed by atoms with E-state index in [1.165, 1.54) is 6.21 Å². The first-order chi connectivity index (χ1) is 18.3. The smallest absolute Gasteiger partial charge is 0.343 e. The number of aryl methyl sites for hydroxylation is 1. The van der Waals surface area contributed by atoms with Crippen LogP contribution in [-0.2, 0) is 22.0 Å². The molecule has 0 heterocycles. The minimum absolute atomic E-state index is 0.209. The first kappa shape index (κ1) is 29.4. The van der Waals surface area contributed by atoms with E-state index in [9.17, 15) is 14.7 Å². The molecule has 0 bridgehead atoms. The summed E-state index contributed by atoms with van der Waals surface area (Å²) in [7, 11) is 1.56. The van der Waals surface area contributed by atoms with Crippen molar-refractivity contribution >= 4 is 18.1 Å². The number of esters is 1. The Morgan fingerprint density at radius 3 is 1.92 bits per heavy atom. The number of hydrazone groups is 1. The second-order valence-corrected chi connectivity index (χ2v) is 11.5. The van der Waals surface area contributed by atoms with Crippen molar-refractivity contribution in [1.82, 2.24) is 5.43 Å². The lowest BCUT2D eigenvalue weighted by Crippen LogP contribution is -2.20. The van der Waals surface area contributed by atoms with Gasteiger partial charge in [0.05, 0.1) is 18.9 Å². The van der Waals surface area contributed by atoms with Crippen molar-refractivity contribution in [2.75, 3.05) is 7.11 Å². The summed E-state index contributed by atoms with van der Waals surface area (Å²) >= 11 is 0. The van der Waals surface area contributed by atoms with Crippen molar-refractivity contribution in [1.29, 1.82) is 0 Å². The number of benzene rings is 3. The van der Waals surface area contributed by atoms with Crippen LogP contribution in [0.5, 0.6) is 17.2 Å². The van der Waals surface area contributed by atoms with Crippen molar-refractivity contribution in [3.8, 4) is 17.2 Å². The zero-order chi connectivity index (χ0) is 28.8. The van der Waals surface area contributed by atoms with Crippen LogP contribution in [0.4, 0.5) is 0 Å². The zero-order valence-electron chi connectivity index (χ0n) is 23.8. The van der Waals surface area contributed by atoms with Crippen LogP contribution in [0, 0.1) is 0 Å². The molecule has 206 valence electrons. The van der Waals surface area contributed by atoms with Crippen LogP contribution < -0.4 is 14.9 Å². The molecule has 3 rings (SSSR count). The number of hydrogen-bond donors (Lipinski definition) is 2. The lowest BCUT2D eigenvalue weighted by atomic mass is 9.78. The zero-order valence-corrected chi connectivity index (χ0v) is 23.8. The molecule has 0 unspecified atom stereocenters. The molecule has 7 nitrogen and oxygen atoms in total. The largest absolute Gasteiger partial charge is 0.507 e. The van der Waals surface area contributed by atoms with Crippen LogP contribution in [0.25, 0.3) is 0 Å². The van der Waals surface area contributed by atoms with E-state index in [0.29, 0.717) is 29.2 Å². The molecule has 0 radical (unpaired) electrons. The molecular weight excluding hydrogens is 492 g/mol. The summed E-state index contributed by atoms with van der Waals surface area (Å²) in [6.07, 6.45) is 2.32. The summed E-state index contributed by atoms with van der Waals surface area (Å²) in [6.45, 7) is 12.4. The van der Waals surface area contributed by atoms with E-state index in [1.807, 2.05) is 12.1 Å². The monoisotopic (exact) mass is 530 g/mol. The Balaban J connectivity index is 1.56. The van der Waals surface area contributed by atoms with Crippen molar-refractivity contribution in [3.63, 3.8) is 0 Å². The Hall–Kier alpha value is -4.13. The molecule has 0 aliphatic heterocycles. The van der Waals surface area contributed by atoms with Crippen molar-refractivity contribution < 1.29 is 24.2 Å². The maximum Gasteiger partial charge on any atom is 0.343 e. The molecule has 0 aliphatic carbocycles. The number of hydrogen-bond acceptors (Lipinski definition) is 6. The molecule has 0 fully saturated rings. The molecule has 3 aromatic carbocycles. The summed E-state index contributed by atoms with van der Waals surface area (Å²) < 4.78 is 10.5. The maximum atomic E-state index is 12.4. The SMILES string of the molecule is COc1ccc(C(=O)Oc2ccc(/C=N\NC(=O)CCc3cc(C(C)(C)C)c(O)c(C(C)(C)C)c3)cc2)cc1. The van der Waals surface area contributed by atoms with Crippen LogP contribution in [0.2, 0.25) is 0 Å². The summed E-state index contributed by atoms with van der Waals surface area (Å²) in [5.74, 6) is 0.708. The average molecular weight is 531 g/mol. The Morgan fingerprint density at radius 1 is 0.872 bits per heavy atom. The van der Waals surface area contributed by atoms with Gasteiger partial charge in [0.15, 0.2) is 0 Å². The number of carbonyl (C=O) groups excluding carboxylic acids is 2. The van der Waals surface area contributed by atoms with Gasteiger partial charge in [0.1, 0.15) is 17.2 Å². The van der Waals surface area contributed by atoms with Gasteiger partial charge in [-0.25, -0.2) is 10.2 Å². The van der Waals surface area contributed by atoms with E-state index in [2.05, 4.69) is 52.1 Å². The lowest BCUT2D eigenvalue weighted by molar-refractivity contribution is -0.121. The number of nitrogens with zero attached hydrogens (tertiary/aromatic N) is 1. The molecule has 3 aromatic rings. The molecule has 0 aliphatic rings. The van der Waals surface area contributed by atoms with Gasteiger partial charge in [-0.3, -0.25) is 4.79 Å². The van der Waals surface area contributed by atoms with E-state index in [-0.39, 0.29) is 23.2 Å². The molecule has 0 atom stereocenters. The first-order valence-electron chi connectivity index (χ1n) is 12.9. The summed E-state index contributed by atoms with van der Waals surface area (Å²) in [4.78, 5) is 24.8. The van der Waals surface area contributed by atoms with Crippen LogP contribution in [-0.4, -0.2) is 30.3 Å². The molecular formula is C32H38N2O5. The second kappa shape index (κ2) is 12.2. The van der Waals surface area contributed by atoms with Crippen LogP contribution in [0.15, 0.2) is 65.8 Å². The molecule has 0 saturated heterocycles. The van der Waals surface area contributed by atoms with Gasteiger partial charge in [-0.2, -0.15) is 5.10 Å². The van der Waals surface area contributed by atoms with E-state index >= 15 is 0 Å². The van der Waals surface area contributed by atoms with Crippen molar-refractivity contribution in [2.45, 2.75) is 65.2 Å². The van der Waals surface area contributed by atoms with Crippen LogP contribution in [0.3, 0.4) is 0 Å². The predicted octanol–water partition coefficient (Wildman–Crippen LogP) is 6.30. The van der Waals surface area contributed by atoms with E-state index in [4.69, 9.17) is 9.47 Å². The normalized spacial score (nSPS) is 11.9. The molecule has 0 aromatic heterocycles. The number of phenols is 1. The number of phenolic OH excluding ortho intramolecular Hbond substituents is 1. The minimum Gasteiger partial charge on any atom is -0.507 e.